The maximum atomic E-state index is 14.7. The van der Waals surface area contributed by atoms with Crippen molar-refractivity contribution in [3.8, 4) is 0 Å². The molecule has 1 saturated carbocycles. The first-order chi connectivity index (χ1) is 15.3. The molecule has 0 radical (unpaired) electrons. The van der Waals surface area contributed by atoms with Crippen molar-refractivity contribution >= 4 is 29.0 Å². The molecule has 1 N–H and O–H groups in total. The molecular weight excluding hydrogens is 442 g/mol. The van der Waals surface area contributed by atoms with Gasteiger partial charge in [-0.15, -0.1) is 5.10 Å². The summed E-state index contributed by atoms with van der Waals surface area (Å²) in [5, 5.41) is 24.9. The number of nitro groups is 1. The van der Waals surface area contributed by atoms with E-state index in [-0.39, 0.29) is 22.9 Å². The molecule has 9 nitrogen and oxygen atoms in total. The summed E-state index contributed by atoms with van der Waals surface area (Å²) in [6.45, 7) is 0. The van der Waals surface area contributed by atoms with Gasteiger partial charge < -0.3 is 5.32 Å². The minimum absolute atomic E-state index is 0.0333. The lowest BCUT2D eigenvalue weighted by Gasteiger charge is -2.14. The van der Waals surface area contributed by atoms with Crippen LogP contribution in [0.5, 0.6) is 0 Å². The van der Waals surface area contributed by atoms with Crippen LogP contribution < -0.4 is 5.32 Å². The molecule has 0 spiro atoms. The maximum absolute atomic E-state index is 14.7. The van der Waals surface area contributed by atoms with E-state index in [0.717, 1.165) is 55.6 Å². The number of aromatic nitrogens is 4. The van der Waals surface area contributed by atoms with Crippen LogP contribution in [0.15, 0.2) is 40.4 Å². The number of aryl methyl sites for hydroxylation is 1. The first-order valence-electron chi connectivity index (χ1n) is 9.82. The smallest absolute Gasteiger partial charge is 0.270 e. The molecule has 2 aromatic carbocycles. The molecule has 166 valence electrons. The fourth-order valence-corrected chi connectivity index (χ4v) is 4.54. The van der Waals surface area contributed by atoms with E-state index < -0.39 is 22.5 Å². The van der Waals surface area contributed by atoms with Gasteiger partial charge in [0.15, 0.2) is 0 Å². The monoisotopic (exact) mass is 460 g/mol. The molecule has 0 saturated heterocycles. The van der Waals surface area contributed by atoms with Crippen LogP contribution in [-0.4, -0.2) is 31.0 Å². The summed E-state index contributed by atoms with van der Waals surface area (Å²) >= 11 is 1.01. The van der Waals surface area contributed by atoms with Gasteiger partial charge in [-0.25, -0.2) is 13.5 Å². The molecule has 1 aliphatic carbocycles. The molecule has 1 heterocycles. The highest BCUT2D eigenvalue weighted by Crippen LogP contribution is 2.37. The van der Waals surface area contributed by atoms with Crippen molar-refractivity contribution in [2.45, 2.75) is 41.7 Å². The third kappa shape index (κ3) is 4.44. The Bertz CT molecular complexity index is 1200. The average Bonchev–Trinajstić information content (AvgIpc) is 3.43. The molecule has 3 aromatic rings. The second-order valence-electron chi connectivity index (χ2n) is 7.41. The number of nitrogens with one attached hydrogen (secondary N) is 1. The van der Waals surface area contributed by atoms with Crippen molar-refractivity contribution in [2.75, 3.05) is 5.32 Å². The van der Waals surface area contributed by atoms with Crippen molar-refractivity contribution in [2.24, 2.45) is 7.05 Å². The Labute approximate surface area is 185 Å². The average molecular weight is 460 g/mol. The number of amides is 1. The highest BCUT2D eigenvalue weighted by molar-refractivity contribution is 7.99. The number of carbonyl (C=O) groups is 1. The lowest BCUT2D eigenvalue weighted by Crippen LogP contribution is -2.15. The van der Waals surface area contributed by atoms with E-state index in [4.69, 9.17) is 0 Å². The summed E-state index contributed by atoms with van der Waals surface area (Å²) in [7, 11) is 1.59. The summed E-state index contributed by atoms with van der Waals surface area (Å²) in [6.07, 6.45) is 3.54. The number of carbonyl (C=O) groups excluding carboxylic acids is 1. The Hall–Kier alpha value is -3.41. The van der Waals surface area contributed by atoms with Gasteiger partial charge in [0.25, 0.3) is 11.6 Å². The Morgan fingerprint density at radius 1 is 1.22 bits per heavy atom. The lowest BCUT2D eigenvalue weighted by atomic mass is 9.96. The van der Waals surface area contributed by atoms with Gasteiger partial charge in [0.05, 0.1) is 16.2 Å². The molecule has 0 aliphatic heterocycles. The zero-order chi connectivity index (χ0) is 22.8. The predicted octanol–water partition coefficient (Wildman–Crippen LogP) is 4.46. The maximum Gasteiger partial charge on any atom is 0.270 e. The minimum atomic E-state index is -0.821. The van der Waals surface area contributed by atoms with Crippen molar-refractivity contribution < 1.29 is 18.5 Å². The summed E-state index contributed by atoms with van der Waals surface area (Å²) < 4.78 is 30.7. The minimum Gasteiger partial charge on any atom is -0.319 e. The predicted molar refractivity (Wildman–Crippen MR) is 112 cm³/mol. The van der Waals surface area contributed by atoms with Gasteiger partial charge in [0.1, 0.15) is 11.6 Å². The van der Waals surface area contributed by atoms with Crippen molar-refractivity contribution in [3.05, 3.63) is 63.2 Å². The molecule has 0 unspecified atom stereocenters. The molecule has 32 heavy (non-hydrogen) atoms. The molecule has 12 heteroatoms. The first kappa shape index (κ1) is 21.8. The van der Waals surface area contributed by atoms with Gasteiger partial charge in [-0.05, 0) is 58.6 Å². The van der Waals surface area contributed by atoms with E-state index in [0.29, 0.717) is 15.6 Å². The first-order valence-corrected chi connectivity index (χ1v) is 10.6. The van der Waals surface area contributed by atoms with Crippen LogP contribution in [0, 0.1) is 21.7 Å². The van der Waals surface area contributed by atoms with Crippen LogP contribution >= 0.6 is 11.8 Å². The van der Waals surface area contributed by atoms with E-state index in [9.17, 15) is 23.7 Å². The summed E-state index contributed by atoms with van der Waals surface area (Å²) in [4.78, 5) is 23.8. The molecule has 0 bridgehead atoms. The SMILES string of the molecule is Cn1nnnc1Sc1ccc([N+](=O)[O-])cc1C(=O)Nc1cc(F)c(C2CCCC2)cc1F. The summed E-state index contributed by atoms with van der Waals surface area (Å²) in [5.41, 5.74) is -0.442. The van der Waals surface area contributed by atoms with Crippen molar-refractivity contribution in [1.29, 1.82) is 0 Å². The Morgan fingerprint density at radius 2 is 1.97 bits per heavy atom. The summed E-state index contributed by atoms with van der Waals surface area (Å²) in [6, 6.07) is 5.77. The number of hydrogen-bond donors (Lipinski definition) is 1. The number of nitrogens with zero attached hydrogens (tertiary/aromatic N) is 5. The molecular formula is C20H18F2N6O3S. The second-order valence-corrected chi connectivity index (χ2v) is 8.42. The van der Waals surface area contributed by atoms with Crippen LogP contribution in [-0.2, 0) is 7.05 Å². The van der Waals surface area contributed by atoms with Crippen LogP contribution in [0.4, 0.5) is 20.2 Å². The standard InChI is InChI=1S/C20H18F2N6O3S/c1-27-20(24-25-26-27)32-18-7-6-12(28(30)31)8-14(18)19(29)23-17-10-15(21)13(9-16(17)22)11-4-2-3-5-11/h6-11H,2-5H2,1H3,(H,23,29). The highest BCUT2D eigenvalue weighted by Gasteiger charge is 2.24. The third-order valence-corrected chi connectivity index (χ3v) is 6.44. The van der Waals surface area contributed by atoms with Crippen LogP contribution in [0.25, 0.3) is 0 Å². The fourth-order valence-electron chi connectivity index (χ4n) is 3.70. The highest BCUT2D eigenvalue weighted by atomic mass is 32.2. The number of nitro benzene ring substituents is 1. The number of hydrogen-bond acceptors (Lipinski definition) is 7. The van der Waals surface area contributed by atoms with E-state index in [1.807, 2.05) is 0 Å². The van der Waals surface area contributed by atoms with Crippen LogP contribution in [0.3, 0.4) is 0 Å². The normalized spacial score (nSPS) is 14.0. The summed E-state index contributed by atoms with van der Waals surface area (Å²) in [5.74, 6) is -2.21. The number of rotatable bonds is 6. The zero-order valence-electron chi connectivity index (χ0n) is 16.9. The van der Waals surface area contributed by atoms with Crippen molar-refractivity contribution in [3.63, 3.8) is 0 Å². The molecule has 1 aliphatic rings. The van der Waals surface area contributed by atoms with E-state index in [1.165, 1.54) is 16.8 Å². The molecule has 1 aromatic heterocycles. The number of halogens is 2. The van der Waals surface area contributed by atoms with Gasteiger partial charge in [0, 0.05) is 30.1 Å². The third-order valence-electron chi connectivity index (χ3n) is 5.33. The molecule has 1 amide bonds. The van der Waals surface area contributed by atoms with E-state index in [2.05, 4.69) is 20.8 Å². The van der Waals surface area contributed by atoms with Gasteiger partial charge in [0.2, 0.25) is 5.16 Å². The zero-order valence-corrected chi connectivity index (χ0v) is 17.7. The van der Waals surface area contributed by atoms with Crippen LogP contribution in [0.1, 0.15) is 47.5 Å². The quantitative estimate of drug-likeness (QED) is 0.426. The van der Waals surface area contributed by atoms with E-state index >= 15 is 0 Å². The van der Waals surface area contributed by atoms with Gasteiger partial charge in [-0.2, -0.15) is 0 Å². The second kappa shape index (κ2) is 8.99. The van der Waals surface area contributed by atoms with Crippen molar-refractivity contribution in [1.82, 2.24) is 20.2 Å². The number of anilines is 1. The molecule has 4 rings (SSSR count). The molecule has 0 atom stereocenters. The Balaban J connectivity index is 1.65. The topological polar surface area (TPSA) is 116 Å². The van der Waals surface area contributed by atoms with Gasteiger partial charge >= 0.3 is 0 Å². The van der Waals surface area contributed by atoms with Gasteiger partial charge in [-0.1, -0.05) is 12.8 Å². The fraction of sp³-hybridized carbons (Fsp3) is 0.300. The number of tetrazole rings is 1. The number of non-ortho nitro benzene ring substituents is 1. The number of benzene rings is 2. The van der Waals surface area contributed by atoms with E-state index in [1.54, 1.807) is 7.05 Å². The Morgan fingerprint density at radius 3 is 2.62 bits per heavy atom. The largest absolute Gasteiger partial charge is 0.319 e. The van der Waals surface area contributed by atoms with Crippen LogP contribution in [0.2, 0.25) is 0 Å². The molecule has 1 fully saturated rings. The van der Waals surface area contributed by atoms with Gasteiger partial charge in [-0.3, -0.25) is 14.9 Å². The lowest BCUT2D eigenvalue weighted by molar-refractivity contribution is -0.384. The Kier molecular flexibility index (Phi) is 6.12.